The third kappa shape index (κ3) is 15.3. The first-order chi connectivity index (χ1) is 15.4. The van der Waals surface area contributed by atoms with Crippen molar-refractivity contribution in [1.82, 2.24) is 19.9 Å². The lowest BCUT2D eigenvalue weighted by atomic mass is 9.97. The van der Waals surface area contributed by atoms with Crippen molar-refractivity contribution in [3.05, 3.63) is 30.5 Å². The van der Waals surface area contributed by atoms with E-state index in [9.17, 15) is 26.3 Å². The van der Waals surface area contributed by atoms with Gasteiger partial charge in [-0.2, -0.15) is 31.3 Å². The Kier molecular flexibility index (Phi) is 11.8. The monoisotopic (exact) mass is 502 g/mol. The maximum absolute atomic E-state index is 10.6. The quantitative estimate of drug-likeness (QED) is 0.373. The number of hydrogen-bond acceptors (Lipinski definition) is 7. The minimum atomic E-state index is -5.08. The van der Waals surface area contributed by atoms with Gasteiger partial charge in [0.15, 0.2) is 0 Å². The standard InChI is InChI=1S/C14H22N6.2C2HF3O2/c1-14(2,3)9-18-13-17-7-5-12(20-13)16-6-4-11-8-15-10-19-11;2*3-2(4,5)1(6)7/h5,7-8,10H,4,6,9H2,1-3H3,(H,15,19)(H2,16,17,18,20);2*(H,6,7). The highest BCUT2D eigenvalue weighted by atomic mass is 19.4. The molecule has 0 atom stereocenters. The van der Waals surface area contributed by atoms with E-state index in [1.54, 1.807) is 12.5 Å². The lowest BCUT2D eigenvalue weighted by Crippen LogP contribution is -2.21. The topological polar surface area (TPSA) is 153 Å². The van der Waals surface area contributed by atoms with Crippen LogP contribution in [0.1, 0.15) is 26.5 Å². The van der Waals surface area contributed by atoms with Crippen LogP contribution < -0.4 is 10.6 Å². The summed E-state index contributed by atoms with van der Waals surface area (Å²) < 4.78 is 63.5. The van der Waals surface area contributed by atoms with E-state index in [2.05, 4.69) is 51.3 Å². The van der Waals surface area contributed by atoms with Crippen LogP contribution in [-0.4, -0.2) is 67.5 Å². The summed E-state index contributed by atoms with van der Waals surface area (Å²) in [5.41, 5.74) is 1.31. The van der Waals surface area contributed by atoms with Gasteiger partial charge >= 0.3 is 24.3 Å². The number of anilines is 2. The molecule has 0 saturated carbocycles. The second kappa shape index (κ2) is 13.2. The zero-order chi connectivity index (χ0) is 26.6. The highest BCUT2D eigenvalue weighted by Crippen LogP contribution is 2.15. The van der Waals surface area contributed by atoms with Crippen molar-refractivity contribution in [1.29, 1.82) is 0 Å². The lowest BCUT2D eigenvalue weighted by Gasteiger charge is -2.18. The normalized spacial score (nSPS) is 11.3. The van der Waals surface area contributed by atoms with E-state index in [0.717, 1.165) is 31.0 Å². The molecule has 0 spiro atoms. The number of aliphatic carboxylic acids is 2. The fourth-order valence-electron chi connectivity index (χ4n) is 1.63. The van der Waals surface area contributed by atoms with E-state index >= 15 is 0 Å². The first kappa shape index (κ1) is 30.4. The van der Waals surface area contributed by atoms with Crippen molar-refractivity contribution in [2.45, 2.75) is 39.5 Å². The molecule has 5 N–H and O–H groups in total. The molecular weight excluding hydrogens is 478 g/mol. The Balaban J connectivity index is 0.000000642. The molecule has 2 aromatic heterocycles. The molecule has 0 radical (unpaired) electrons. The predicted molar refractivity (Wildman–Crippen MR) is 108 cm³/mol. The summed E-state index contributed by atoms with van der Waals surface area (Å²) >= 11 is 0. The summed E-state index contributed by atoms with van der Waals surface area (Å²) in [5, 5.41) is 20.8. The number of aromatic nitrogens is 4. The average Bonchev–Trinajstić information content (AvgIpc) is 3.19. The van der Waals surface area contributed by atoms with Gasteiger partial charge in [0.25, 0.3) is 0 Å². The second-order valence-corrected chi connectivity index (χ2v) is 7.54. The van der Waals surface area contributed by atoms with Gasteiger partial charge in [-0.1, -0.05) is 20.8 Å². The maximum Gasteiger partial charge on any atom is 0.490 e. The molecule has 2 aromatic rings. The van der Waals surface area contributed by atoms with Crippen LogP contribution >= 0.6 is 0 Å². The van der Waals surface area contributed by atoms with Gasteiger partial charge in [0.1, 0.15) is 5.82 Å². The number of H-pyrrole nitrogens is 1. The smallest absolute Gasteiger partial charge is 0.475 e. The van der Waals surface area contributed by atoms with E-state index in [0.29, 0.717) is 5.95 Å². The van der Waals surface area contributed by atoms with E-state index in [-0.39, 0.29) is 5.41 Å². The first-order valence-electron chi connectivity index (χ1n) is 9.30. The Morgan fingerprint density at radius 3 is 1.94 bits per heavy atom. The van der Waals surface area contributed by atoms with Crippen LogP contribution in [-0.2, 0) is 16.0 Å². The minimum absolute atomic E-state index is 0.202. The van der Waals surface area contributed by atoms with Crippen molar-refractivity contribution in [3.63, 3.8) is 0 Å². The molecule has 10 nitrogen and oxygen atoms in total. The molecule has 0 bridgehead atoms. The van der Waals surface area contributed by atoms with E-state index in [4.69, 9.17) is 19.8 Å². The van der Waals surface area contributed by atoms with Gasteiger partial charge < -0.3 is 25.8 Å². The maximum atomic E-state index is 10.6. The molecule has 2 heterocycles. The first-order valence-corrected chi connectivity index (χ1v) is 9.30. The van der Waals surface area contributed by atoms with Gasteiger partial charge in [-0.25, -0.2) is 19.6 Å². The molecule has 16 heteroatoms. The number of imidazole rings is 1. The van der Waals surface area contributed by atoms with Gasteiger partial charge in [-0.05, 0) is 11.5 Å². The van der Waals surface area contributed by atoms with Gasteiger partial charge in [0, 0.05) is 37.6 Å². The summed E-state index contributed by atoms with van der Waals surface area (Å²) in [7, 11) is 0. The average molecular weight is 502 g/mol. The van der Waals surface area contributed by atoms with E-state index in [1.165, 1.54) is 0 Å². The second-order valence-electron chi connectivity index (χ2n) is 7.54. The summed E-state index contributed by atoms with van der Waals surface area (Å²) in [5.74, 6) is -4.03. The third-order valence-electron chi connectivity index (χ3n) is 3.17. The molecule has 0 aromatic carbocycles. The molecule has 0 aliphatic rings. The van der Waals surface area contributed by atoms with Crippen molar-refractivity contribution in [2.75, 3.05) is 23.7 Å². The molecule has 0 saturated heterocycles. The third-order valence-corrected chi connectivity index (χ3v) is 3.17. The number of carbonyl (C=O) groups is 2. The van der Waals surface area contributed by atoms with Crippen LogP contribution in [0.3, 0.4) is 0 Å². The Morgan fingerprint density at radius 2 is 1.53 bits per heavy atom. The van der Waals surface area contributed by atoms with Gasteiger partial charge in [0.05, 0.1) is 6.33 Å². The number of halogens is 6. The van der Waals surface area contributed by atoms with E-state index in [1.807, 2.05) is 12.3 Å². The molecule has 2 rings (SSSR count). The lowest BCUT2D eigenvalue weighted by molar-refractivity contribution is -0.193. The number of carboxylic acid groups (broad SMARTS) is 2. The number of alkyl halides is 6. The van der Waals surface area contributed by atoms with Crippen LogP contribution in [0.25, 0.3) is 0 Å². The Bertz CT molecular complexity index is 858. The van der Waals surface area contributed by atoms with Gasteiger partial charge in [0.2, 0.25) is 5.95 Å². The zero-order valence-electron chi connectivity index (χ0n) is 18.3. The Hall–Kier alpha value is -3.59. The Morgan fingerprint density at radius 1 is 1.00 bits per heavy atom. The van der Waals surface area contributed by atoms with Crippen molar-refractivity contribution in [2.24, 2.45) is 5.41 Å². The number of nitrogens with zero attached hydrogens (tertiary/aromatic N) is 3. The highest BCUT2D eigenvalue weighted by molar-refractivity contribution is 5.73. The molecule has 0 aliphatic heterocycles. The summed E-state index contributed by atoms with van der Waals surface area (Å²) in [4.78, 5) is 33.5. The molecule has 0 unspecified atom stereocenters. The molecule has 0 aliphatic carbocycles. The number of carboxylic acids is 2. The number of rotatable bonds is 6. The number of hydrogen-bond donors (Lipinski definition) is 5. The fraction of sp³-hybridized carbons (Fsp3) is 0.500. The van der Waals surface area contributed by atoms with Crippen molar-refractivity contribution < 1.29 is 46.1 Å². The van der Waals surface area contributed by atoms with Gasteiger partial charge in [-0.3, -0.25) is 0 Å². The SMILES string of the molecule is CC(C)(C)CNc1nccc(NCCc2cnc[nH]2)n1.O=C(O)C(F)(F)F.O=C(O)C(F)(F)F. The van der Waals surface area contributed by atoms with Crippen molar-refractivity contribution >= 4 is 23.7 Å². The number of nitrogens with one attached hydrogen (secondary N) is 3. The Labute approximate surface area is 189 Å². The van der Waals surface area contributed by atoms with E-state index < -0.39 is 24.3 Å². The van der Waals surface area contributed by atoms with Gasteiger partial charge in [-0.15, -0.1) is 0 Å². The number of aromatic amines is 1. The minimum Gasteiger partial charge on any atom is -0.475 e. The van der Waals surface area contributed by atoms with Crippen LogP contribution in [0.4, 0.5) is 38.1 Å². The zero-order valence-corrected chi connectivity index (χ0v) is 18.3. The molecule has 192 valence electrons. The summed E-state index contributed by atoms with van der Waals surface area (Å²) in [6, 6.07) is 1.87. The predicted octanol–water partition coefficient (Wildman–Crippen LogP) is 3.58. The van der Waals surface area contributed by atoms with Crippen LogP contribution in [0.5, 0.6) is 0 Å². The molecule has 0 fully saturated rings. The van der Waals surface area contributed by atoms with Crippen LogP contribution in [0.15, 0.2) is 24.8 Å². The van der Waals surface area contributed by atoms with Crippen LogP contribution in [0, 0.1) is 5.41 Å². The van der Waals surface area contributed by atoms with Crippen LogP contribution in [0.2, 0.25) is 0 Å². The van der Waals surface area contributed by atoms with Crippen molar-refractivity contribution in [3.8, 4) is 0 Å². The summed E-state index contributed by atoms with van der Waals surface area (Å²) in [6.07, 6.45) is -4.00. The fourth-order valence-corrected chi connectivity index (χ4v) is 1.63. The highest BCUT2D eigenvalue weighted by Gasteiger charge is 2.38. The molecule has 34 heavy (non-hydrogen) atoms. The largest absolute Gasteiger partial charge is 0.490 e. The molecule has 0 amide bonds. The molecular formula is C18H24F6N6O4. The summed E-state index contributed by atoms with van der Waals surface area (Å²) in [6.45, 7) is 8.16.